The number of halogens is 1. The first-order valence-corrected chi connectivity index (χ1v) is 10.3. The number of carbonyl (C=O) groups is 3. The van der Waals surface area contributed by atoms with Crippen LogP contribution in [0.1, 0.15) is 47.5 Å². The van der Waals surface area contributed by atoms with E-state index in [4.69, 9.17) is 0 Å². The third kappa shape index (κ3) is 5.94. The number of amides is 2. The van der Waals surface area contributed by atoms with Crippen molar-refractivity contribution >= 4 is 17.8 Å². The molecule has 7 nitrogen and oxygen atoms in total. The summed E-state index contributed by atoms with van der Waals surface area (Å²) in [5, 5.41) is 9.58. The maximum atomic E-state index is 15.5. The van der Waals surface area contributed by atoms with Gasteiger partial charge in [-0.2, -0.15) is 0 Å². The highest BCUT2D eigenvalue weighted by Gasteiger charge is 2.47. The molecule has 2 atom stereocenters. The van der Waals surface area contributed by atoms with Crippen molar-refractivity contribution in [1.82, 2.24) is 14.7 Å². The number of nitrogens with zero attached hydrogens (tertiary/aromatic N) is 3. The van der Waals surface area contributed by atoms with E-state index < -0.39 is 35.0 Å². The van der Waals surface area contributed by atoms with Crippen LogP contribution < -0.4 is 0 Å². The zero-order valence-electron chi connectivity index (χ0n) is 19.5. The van der Waals surface area contributed by atoms with Gasteiger partial charge >= 0.3 is 5.97 Å². The molecule has 0 radical (unpaired) electrons. The number of aliphatic carboxylic acids is 1. The van der Waals surface area contributed by atoms with E-state index in [0.29, 0.717) is 0 Å². The summed E-state index contributed by atoms with van der Waals surface area (Å²) in [5.41, 5.74) is -2.67. The Labute approximate surface area is 179 Å². The van der Waals surface area contributed by atoms with Crippen molar-refractivity contribution in [2.75, 3.05) is 34.2 Å². The molecule has 0 saturated carbocycles. The smallest absolute Gasteiger partial charge is 0.326 e. The topological polar surface area (TPSA) is 81.2 Å². The maximum absolute atomic E-state index is 15.5. The van der Waals surface area contributed by atoms with Crippen molar-refractivity contribution in [2.45, 2.75) is 64.7 Å². The van der Waals surface area contributed by atoms with Crippen LogP contribution in [0.3, 0.4) is 0 Å². The van der Waals surface area contributed by atoms with Crippen LogP contribution in [0.15, 0.2) is 0 Å². The molecule has 1 heterocycles. The molecule has 1 unspecified atom stereocenters. The van der Waals surface area contributed by atoms with Gasteiger partial charge in [-0.3, -0.25) is 14.5 Å². The van der Waals surface area contributed by atoms with Crippen molar-refractivity contribution in [3.05, 3.63) is 0 Å². The van der Waals surface area contributed by atoms with E-state index in [2.05, 4.69) is 11.8 Å². The third-order valence-electron chi connectivity index (χ3n) is 6.36. The first-order valence-electron chi connectivity index (χ1n) is 10.3. The SMILES string of the molecule is CC(C)C(C)[C@@H](C(=O)O)N(C)C(=O)C1(F)CCN(C(=O)C#CC(C)(C)N(C)C)CC1. The molecule has 1 aliphatic heterocycles. The fraction of sp³-hybridized carbons (Fsp3) is 0.773. The lowest BCUT2D eigenvalue weighted by molar-refractivity contribution is -0.160. The van der Waals surface area contributed by atoms with Crippen molar-refractivity contribution in [2.24, 2.45) is 11.8 Å². The van der Waals surface area contributed by atoms with Gasteiger partial charge in [-0.15, -0.1) is 0 Å². The lowest BCUT2D eigenvalue weighted by Crippen LogP contribution is -2.57. The molecule has 170 valence electrons. The normalized spacial score (nSPS) is 18.4. The van der Waals surface area contributed by atoms with E-state index in [1.54, 1.807) is 6.92 Å². The molecule has 30 heavy (non-hydrogen) atoms. The second-order valence-electron chi connectivity index (χ2n) is 9.26. The minimum Gasteiger partial charge on any atom is -0.480 e. The van der Waals surface area contributed by atoms with Gasteiger partial charge in [0.05, 0.1) is 5.54 Å². The Morgan fingerprint density at radius 2 is 1.60 bits per heavy atom. The number of hydrogen-bond acceptors (Lipinski definition) is 4. The Morgan fingerprint density at radius 1 is 1.10 bits per heavy atom. The number of carboxylic acids is 1. The predicted molar refractivity (Wildman–Crippen MR) is 113 cm³/mol. The average Bonchev–Trinajstić information content (AvgIpc) is 2.65. The van der Waals surface area contributed by atoms with Gasteiger partial charge in [0.2, 0.25) is 0 Å². The molecule has 0 bridgehead atoms. The summed E-state index contributed by atoms with van der Waals surface area (Å²) < 4.78 is 15.5. The number of piperidine rings is 1. The number of hydrogen-bond donors (Lipinski definition) is 1. The van der Waals surface area contributed by atoms with E-state index in [-0.39, 0.29) is 37.8 Å². The number of carboxylic acid groups (broad SMARTS) is 1. The van der Waals surface area contributed by atoms with E-state index >= 15 is 4.39 Å². The summed E-state index contributed by atoms with van der Waals surface area (Å²) in [4.78, 5) is 41.3. The predicted octanol–water partition coefficient (Wildman–Crippen LogP) is 1.86. The van der Waals surface area contributed by atoms with Crippen LogP contribution in [-0.4, -0.2) is 89.1 Å². The quantitative estimate of drug-likeness (QED) is 0.657. The Morgan fingerprint density at radius 3 is 2.00 bits per heavy atom. The van der Waals surface area contributed by atoms with Crippen molar-refractivity contribution in [3.8, 4) is 11.8 Å². The van der Waals surface area contributed by atoms with E-state index in [1.807, 2.05) is 46.7 Å². The van der Waals surface area contributed by atoms with E-state index in [9.17, 15) is 19.5 Å². The Balaban J connectivity index is 2.87. The maximum Gasteiger partial charge on any atom is 0.326 e. The number of alkyl halides is 1. The molecule has 0 aromatic heterocycles. The standard InChI is InChI=1S/C22H36FN3O4/c1-15(2)16(3)18(19(28)29)25(8)20(30)22(23)11-13-26(14-12-22)17(27)9-10-21(4,5)24(6)7/h15-16,18H,11-14H2,1-8H3,(H,28,29)/t16?,18-/m0/s1. The molecular weight excluding hydrogens is 389 g/mol. The van der Waals surface area contributed by atoms with Gasteiger partial charge in [0.15, 0.2) is 5.67 Å². The van der Waals surface area contributed by atoms with Crippen LogP contribution in [0.2, 0.25) is 0 Å². The van der Waals surface area contributed by atoms with Crippen LogP contribution in [0.4, 0.5) is 4.39 Å². The lowest BCUT2D eigenvalue weighted by Gasteiger charge is -2.39. The van der Waals surface area contributed by atoms with Crippen molar-refractivity contribution < 1.29 is 23.9 Å². The summed E-state index contributed by atoms with van der Waals surface area (Å²) >= 11 is 0. The molecule has 0 spiro atoms. The first-order chi connectivity index (χ1) is 13.6. The fourth-order valence-electron chi connectivity index (χ4n) is 3.23. The fourth-order valence-corrected chi connectivity index (χ4v) is 3.23. The van der Waals surface area contributed by atoms with Crippen molar-refractivity contribution in [3.63, 3.8) is 0 Å². The zero-order chi connectivity index (χ0) is 23.4. The summed E-state index contributed by atoms with van der Waals surface area (Å²) in [6.07, 6.45) is -0.355. The monoisotopic (exact) mass is 425 g/mol. The van der Waals surface area contributed by atoms with E-state index in [1.165, 1.54) is 11.9 Å². The number of carbonyl (C=O) groups excluding carboxylic acids is 2. The molecule has 1 saturated heterocycles. The zero-order valence-corrected chi connectivity index (χ0v) is 19.5. The Bertz CT molecular complexity index is 716. The molecule has 1 N–H and O–H groups in total. The average molecular weight is 426 g/mol. The second-order valence-corrected chi connectivity index (χ2v) is 9.26. The largest absolute Gasteiger partial charge is 0.480 e. The number of rotatable bonds is 6. The number of likely N-dealkylation sites (N-methyl/N-ethyl adjacent to an activating group) is 1. The molecule has 2 amide bonds. The van der Waals surface area contributed by atoms with Gasteiger partial charge in [0.25, 0.3) is 11.8 Å². The van der Waals surface area contributed by atoms with Gasteiger partial charge in [-0.25, -0.2) is 9.18 Å². The van der Waals surface area contributed by atoms with Gasteiger partial charge < -0.3 is 14.9 Å². The molecule has 1 rings (SSSR count). The van der Waals surface area contributed by atoms with Crippen LogP contribution in [-0.2, 0) is 14.4 Å². The van der Waals surface area contributed by atoms with Crippen molar-refractivity contribution in [1.29, 1.82) is 0 Å². The van der Waals surface area contributed by atoms with Crippen LogP contribution >= 0.6 is 0 Å². The Hall–Kier alpha value is -2.14. The summed E-state index contributed by atoms with van der Waals surface area (Å²) in [6, 6.07) is -1.11. The van der Waals surface area contributed by atoms with Gasteiger partial charge in [-0.05, 0) is 45.7 Å². The highest BCUT2D eigenvalue weighted by Crippen LogP contribution is 2.31. The molecule has 8 heteroatoms. The summed E-state index contributed by atoms with van der Waals surface area (Å²) in [6.45, 7) is 9.38. The Kier molecular flexibility index (Phi) is 8.44. The minimum atomic E-state index is -2.19. The highest BCUT2D eigenvalue weighted by molar-refractivity contribution is 5.94. The molecule has 0 aromatic rings. The van der Waals surface area contributed by atoms with Gasteiger partial charge in [-0.1, -0.05) is 26.7 Å². The van der Waals surface area contributed by atoms with Gasteiger partial charge in [0, 0.05) is 33.0 Å². The van der Waals surface area contributed by atoms with Gasteiger partial charge in [0.1, 0.15) is 6.04 Å². The molecular formula is C22H36FN3O4. The van der Waals surface area contributed by atoms with Crippen LogP contribution in [0, 0.1) is 23.7 Å². The summed E-state index contributed by atoms with van der Waals surface area (Å²) in [5.74, 6) is 2.82. The van der Waals surface area contributed by atoms with E-state index in [0.717, 1.165) is 4.90 Å². The highest BCUT2D eigenvalue weighted by atomic mass is 19.1. The van der Waals surface area contributed by atoms with Crippen LogP contribution in [0.5, 0.6) is 0 Å². The third-order valence-corrected chi connectivity index (χ3v) is 6.36. The van der Waals surface area contributed by atoms with Crippen LogP contribution in [0.25, 0.3) is 0 Å². The first kappa shape index (κ1) is 25.9. The summed E-state index contributed by atoms with van der Waals surface area (Å²) in [7, 11) is 5.07. The molecule has 1 aliphatic rings. The molecule has 1 fully saturated rings. The molecule has 0 aromatic carbocycles. The molecule has 0 aliphatic carbocycles. The number of likely N-dealkylation sites (tertiary alicyclic amines) is 1. The minimum absolute atomic E-state index is 0.0152. The second kappa shape index (κ2) is 9.78. The lowest BCUT2D eigenvalue weighted by atomic mass is 9.86.